The van der Waals surface area contributed by atoms with Gasteiger partial charge in [-0.3, -0.25) is 0 Å². The van der Waals surface area contributed by atoms with Crippen molar-refractivity contribution in [3.8, 4) is 0 Å². The summed E-state index contributed by atoms with van der Waals surface area (Å²) in [4.78, 5) is 0. The first kappa shape index (κ1) is 27.8. The van der Waals surface area contributed by atoms with Crippen molar-refractivity contribution in [2.45, 2.75) is 95.5 Å². The molecule has 0 spiro atoms. The number of benzene rings is 2. The fourth-order valence-electron chi connectivity index (χ4n) is 6.34. The molecule has 0 amide bonds. The summed E-state index contributed by atoms with van der Waals surface area (Å²) in [6.07, 6.45) is 15.7. The maximum Gasteiger partial charge on any atom is 0.383 e. The number of hydrogen-bond donors (Lipinski definition) is 0. The molecule has 1 nitrogen and oxygen atoms in total. The van der Waals surface area contributed by atoms with E-state index < -0.39 is 6.11 Å². The number of ether oxygens (including phenoxy) is 1. The summed E-state index contributed by atoms with van der Waals surface area (Å²) >= 11 is 0. The molecule has 2 aliphatic rings. The summed E-state index contributed by atoms with van der Waals surface area (Å²) in [7, 11) is 0. The topological polar surface area (TPSA) is 9.23 Å². The van der Waals surface area contributed by atoms with E-state index in [2.05, 4.69) is 49.9 Å². The Bertz CT molecular complexity index is 975. The minimum atomic E-state index is -3.27. The fraction of sp³-hybridized carbons (Fsp3) is 0.529. The zero-order valence-electron chi connectivity index (χ0n) is 22.5. The molecule has 0 heterocycles. The summed E-state index contributed by atoms with van der Waals surface area (Å²) in [6, 6.07) is 15.4. The second kappa shape index (κ2) is 13.5. The van der Waals surface area contributed by atoms with E-state index >= 15 is 0 Å². The fourth-order valence-corrected chi connectivity index (χ4v) is 6.34. The van der Waals surface area contributed by atoms with Crippen molar-refractivity contribution >= 4 is 0 Å². The Kier molecular flexibility index (Phi) is 10.1. The van der Waals surface area contributed by atoms with Crippen molar-refractivity contribution in [1.29, 1.82) is 0 Å². The van der Waals surface area contributed by atoms with E-state index in [1.165, 1.54) is 56.1 Å². The molecule has 0 N–H and O–H groups in total. The Morgan fingerprint density at radius 3 is 1.97 bits per heavy atom. The zero-order chi connectivity index (χ0) is 26.1. The smallest absolute Gasteiger partial charge is 0.316 e. The maximum absolute atomic E-state index is 14.7. The third kappa shape index (κ3) is 7.87. The molecule has 0 unspecified atom stereocenters. The number of rotatable bonds is 11. The van der Waals surface area contributed by atoms with Gasteiger partial charge in [0.2, 0.25) is 0 Å². The van der Waals surface area contributed by atoms with Crippen LogP contribution < -0.4 is 0 Å². The van der Waals surface area contributed by atoms with Crippen LogP contribution in [0.5, 0.6) is 0 Å². The third-order valence-electron chi connectivity index (χ3n) is 8.71. The van der Waals surface area contributed by atoms with Crippen LogP contribution in [-0.2, 0) is 17.3 Å². The normalized spacial score (nSPS) is 24.8. The number of hydrogen-bond acceptors (Lipinski definition) is 1. The molecule has 0 bridgehead atoms. The van der Waals surface area contributed by atoms with Gasteiger partial charge >= 0.3 is 6.11 Å². The average molecular weight is 507 g/mol. The summed E-state index contributed by atoms with van der Waals surface area (Å²) < 4.78 is 34.6. The lowest BCUT2D eigenvalue weighted by Gasteiger charge is -2.28. The Labute approximate surface area is 223 Å². The molecule has 2 fully saturated rings. The van der Waals surface area contributed by atoms with E-state index in [9.17, 15) is 8.78 Å². The van der Waals surface area contributed by atoms with Crippen LogP contribution in [0.1, 0.15) is 105 Å². The van der Waals surface area contributed by atoms with Crippen molar-refractivity contribution in [2.75, 3.05) is 6.61 Å². The molecule has 200 valence electrons. The standard InChI is InChI=1S/C34H44F2O/c1-3-5-7-27-10-16-29(17-11-27)30-18-12-28(13-19-30)24-25-37-34(35,36)33-22-20-32(21-23-33)31-14-8-26(6-4-2)9-15-31/h3-4,6,12-13,18-23,26-27,29,31H,1,5,7-11,14-17,24-25H2,2H3/b6-4+/t26-,27-,29-,31-. The lowest BCUT2D eigenvalue weighted by Crippen LogP contribution is -2.20. The van der Waals surface area contributed by atoms with Crippen LogP contribution in [0.15, 0.2) is 73.3 Å². The summed E-state index contributed by atoms with van der Waals surface area (Å²) in [6.45, 7) is 5.91. The second-order valence-electron chi connectivity index (χ2n) is 11.2. The number of alkyl halides is 2. The van der Waals surface area contributed by atoms with Crippen molar-refractivity contribution in [3.05, 3.63) is 95.6 Å². The van der Waals surface area contributed by atoms with E-state index in [-0.39, 0.29) is 12.2 Å². The minimum absolute atomic E-state index is 0.00251. The molecule has 2 aromatic rings. The molecular weight excluding hydrogens is 462 g/mol. The van der Waals surface area contributed by atoms with Gasteiger partial charge in [0.25, 0.3) is 0 Å². The first-order valence-electron chi connectivity index (χ1n) is 14.4. The molecule has 2 saturated carbocycles. The average Bonchev–Trinajstić information content (AvgIpc) is 2.93. The van der Waals surface area contributed by atoms with Gasteiger partial charge in [-0.15, -0.1) is 6.58 Å². The van der Waals surface area contributed by atoms with Crippen LogP contribution in [0, 0.1) is 11.8 Å². The van der Waals surface area contributed by atoms with E-state index in [0.717, 1.165) is 30.7 Å². The van der Waals surface area contributed by atoms with Crippen LogP contribution in [0.4, 0.5) is 8.78 Å². The SMILES string of the molecule is C=CCC[C@H]1CC[C@H](c2ccc(CCOC(F)(F)c3ccc([C@H]4CC[C@H](/C=C/C)CC4)cc3)cc2)CC1. The Morgan fingerprint density at radius 2 is 1.41 bits per heavy atom. The molecule has 4 rings (SSSR count). The quantitative estimate of drug-likeness (QED) is 0.275. The van der Waals surface area contributed by atoms with Crippen molar-refractivity contribution in [2.24, 2.45) is 11.8 Å². The van der Waals surface area contributed by atoms with Gasteiger partial charge in [0.15, 0.2) is 0 Å². The highest BCUT2D eigenvalue weighted by atomic mass is 19.3. The molecule has 0 aromatic heterocycles. The third-order valence-corrected chi connectivity index (χ3v) is 8.71. The summed E-state index contributed by atoms with van der Waals surface area (Å²) in [5, 5.41) is 0. The van der Waals surface area contributed by atoms with E-state index in [0.29, 0.717) is 24.2 Å². The van der Waals surface area contributed by atoms with Crippen LogP contribution in [0.25, 0.3) is 0 Å². The van der Waals surface area contributed by atoms with E-state index in [4.69, 9.17) is 4.74 Å². The highest BCUT2D eigenvalue weighted by Gasteiger charge is 2.33. The maximum atomic E-state index is 14.7. The second-order valence-corrected chi connectivity index (χ2v) is 11.2. The van der Waals surface area contributed by atoms with Crippen molar-refractivity contribution in [3.63, 3.8) is 0 Å². The van der Waals surface area contributed by atoms with Crippen molar-refractivity contribution in [1.82, 2.24) is 0 Å². The summed E-state index contributed by atoms with van der Waals surface area (Å²) in [5.74, 6) is 2.61. The number of allylic oxidation sites excluding steroid dienone is 3. The van der Waals surface area contributed by atoms with Gasteiger partial charge in [-0.2, -0.15) is 8.78 Å². The largest absolute Gasteiger partial charge is 0.383 e. The zero-order valence-corrected chi connectivity index (χ0v) is 22.5. The lowest BCUT2D eigenvalue weighted by atomic mass is 9.77. The van der Waals surface area contributed by atoms with Crippen LogP contribution in [0.2, 0.25) is 0 Å². The molecule has 0 saturated heterocycles. The van der Waals surface area contributed by atoms with Gasteiger partial charge < -0.3 is 4.74 Å². The predicted octanol–water partition coefficient (Wildman–Crippen LogP) is 10.1. The first-order chi connectivity index (χ1) is 18.0. The van der Waals surface area contributed by atoms with Gasteiger partial charge in [-0.05, 0) is 118 Å². The van der Waals surface area contributed by atoms with Crippen LogP contribution >= 0.6 is 0 Å². The molecule has 0 radical (unpaired) electrons. The molecule has 0 atom stereocenters. The van der Waals surface area contributed by atoms with Gasteiger partial charge in [-0.1, -0.05) is 66.8 Å². The Hall–Kier alpha value is -2.26. The van der Waals surface area contributed by atoms with Crippen LogP contribution in [-0.4, -0.2) is 6.61 Å². The van der Waals surface area contributed by atoms with Gasteiger partial charge in [0.1, 0.15) is 0 Å². The van der Waals surface area contributed by atoms with Crippen molar-refractivity contribution < 1.29 is 13.5 Å². The minimum Gasteiger partial charge on any atom is -0.316 e. The van der Waals surface area contributed by atoms with E-state index in [1.807, 2.05) is 18.2 Å². The molecule has 37 heavy (non-hydrogen) atoms. The van der Waals surface area contributed by atoms with E-state index in [1.54, 1.807) is 12.1 Å². The molecular formula is C34H44F2O. The van der Waals surface area contributed by atoms with Gasteiger partial charge in [-0.25, -0.2) is 0 Å². The van der Waals surface area contributed by atoms with Gasteiger partial charge in [0, 0.05) is 0 Å². The first-order valence-corrected chi connectivity index (χ1v) is 14.4. The highest BCUT2D eigenvalue weighted by molar-refractivity contribution is 5.28. The Morgan fingerprint density at radius 1 is 0.838 bits per heavy atom. The molecule has 0 aliphatic heterocycles. The number of halogens is 2. The predicted molar refractivity (Wildman–Crippen MR) is 150 cm³/mol. The highest BCUT2D eigenvalue weighted by Crippen LogP contribution is 2.39. The monoisotopic (exact) mass is 506 g/mol. The summed E-state index contributed by atoms with van der Waals surface area (Å²) in [5.41, 5.74) is 3.54. The Balaban J connectivity index is 1.22. The molecule has 2 aromatic carbocycles. The molecule has 2 aliphatic carbocycles. The van der Waals surface area contributed by atoms with Crippen LogP contribution in [0.3, 0.4) is 0 Å². The molecule has 3 heteroatoms. The van der Waals surface area contributed by atoms with Gasteiger partial charge in [0.05, 0.1) is 12.2 Å². The lowest BCUT2D eigenvalue weighted by molar-refractivity contribution is -0.248.